The molecule has 0 bridgehead atoms. The molecular weight excluding hydrogens is 382 g/mol. The predicted octanol–water partition coefficient (Wildman–Crippen LogP) is 3.03. The highest BCUT2D eigenvalue weighted by molar-refractivity contribution is 9.10. The van der Waals surface area contributed by atoms with Crippen LogP contribution in [-0.4, -0.2) is 38.7 Å². The number of rotatable bonds is 7. The molecule has 0 aliphatic rings. The molecule has 3 rings (SSSR count). The van der Waals surface area contributed by atoms with Crippen LogP contribution in [0, 0.1) is 0 Å². The predicted molar refractivity (Wildman–Crippen MR) is 88.9 cm³/mol. The van der Waals surface area contributed by atoms with E-state index in [0.29, 0.717) is 30.7 Å². The second-order valence-corrected chi connectivity index (χ2v) is 6.45. The summed E-state index contributed by atoms with van der Waals surface area (Å²) in [7, 11) is 1.67. The Morgan fingerprint density at radius 3 is 2.83 bits per heavy atom. The topological polar surface area (TPSA) is 78.9 Å². The lowest BCUT2D eigenvalue weighted by Gasteiger charge is -2.03. The van der Waals surface area contributed by atoms with E-state index in [0.717, 1.165) is 15.2 Å². The highest BCUT2D eigenvalue weighted by atomic mass is 79.9. The Bertz CT molecular complexity index is 759. The Balaban J connectivity index is 1.63. The molecule has 0 aliphatic heterocycles. The molecular formula is C14H14BrN5O2S. The Labute approximate surface area is 145 Å². The van der Waals surface area contributed by atoms with Gasteiger partial charge in [-0.1, -0.05) is 27.7 Å². The summed E-state index contributed by atoms with van der Waals surface area (Å²) in [5.74, 6) is 1.60. The van der Waals surface area contributed by atoms with Crippen molar-refractivity contribution in [1.82, 2.24) is 25.0 Å². The maximum absolute atomic E-state index is 5.69. The van der Waals surface area contributed by atoms with Crippen LogP contribution in [0.15, 0.2) is 44.6 Å². The first-order valence-electron chi connectivity index (χ1n) is 6.84. The minimum atomic E-state index is 0.508. The van der Waals surface area contributed by atoms with Crippen LogP contribution in [0.5, 0.6) is 0 Å². The van der Waals surface area contributed by atoms with Gasteiger partial charge in [0, 0.05) is 23.7 Å². The lowest BCUT2D eigenvalue weighted by molar-refractivity contribution is 0.184. The van der Waals surface area contributed by atoms with Crippen molar-refractivity contribution >= 4 is 27.7 Å². The number of benzene rings is 1. The van der Waals surface area contributed by atoms with Gasteiger partial charge in [-0.25, -0.2) is 0 Å². The van der Waals surface area contributed by atoms with E-state index >= 15 is 0 Å². The SMILES string of the molecule is COCCn1cnnc1SCc1nnc(-c2ccc(Br)cc2)o1. The van der Waals surface area contributed by atoms with Gasteiger partial charge in [0.1, 0.15) is 6.33 Å². The van der Waals surface area contributed by atoms with Gasteiger partial charge in [-0.05, 0) is 24.3 Å². The van der Waals surface area contributed by atoms with Crippen LogP contribution in [-0.2, 0) is 17.0 Å². The summed E-state index contributed by atoms with van der Waals surface area (Å²) in [6, 6.07) is 7.73. The second-order valence-electron chi connectivity index (χ2n) is 4.60. The molecule has 0 N–H and O–H groups in total. The number of nitrogens with zero attached hydrogens (tertiary/aromatic N) is 5. The van der Waals surface area contributed by atoms with Crippen molar-refractivity contribution in [2.75, 3.05) is 13.7 Å². The molecule has 0 fully saturated rings. The standard InChI is InChI=1S/C14H14BrN5O2S/c1-21-7-6-20-9-16-19-14(20)23-8-12-17-18-13(22-12)10-2-4-11(15)5-3-10/h2-5,9H,6-8H2,1H3. The van der Waals surface area contributed by atoms with Gasteiger partial charge < -0.3 is 13.7 Å². The number of hydrogen-bond acceptors (Lipinski definition) is 7. The van der Waals surface area contributed by atoms with Crippen molar-refractivity contribution in [3.63, 3.8) is 0 Å². The smallest absolute Gasteiger partial charge is 0.247 e. The molecule has 0 unspecified atom stereocenters. The van der Waals surface area contributed by atoms with E-state index < -0.39 is 0 Å². The van der Waals surface area contributed by atoms with E-state index in [1.54, 1.807) is 13.4 Å². The van der Waals surface area contributed by atoms with E-state index in [-0.39, 0.29) is 0 Å². The molecule has 2 aromatic heterocycles. The molecule has 23 heavy (non-hydrogen) atoms. The van der Waals surface area contributed by atoms with Gasteiger partial charge in [-0.2, -0.15) is 0 Å². The van der Waals surface area contributed by atoms with Crippen LogP contribution in [0.2, 0.25) is 0 Å². The molecule has 0 radical (unpaired) electrons. The van der Waals surface area contributed by atoms with Crippen molar-refractivity contribution in [3.05, 3.63) is 41.0 Å². The van der Waals surface area contributed by atoms with Crippen molar-refractivity contribution in [3.8, 4) is 11.5 Å². The number of halogens is 1. The van der Waals surface area contributed by atoms with Crippen LogP contribution in [0.4, 0.5) is 0 Å². The number of hydrogen-bond donors (Lipinski definition) is 0. The fraction of sp³-hybridized carbons (Fsp3) is 0.286. The molecule has 0 atom stereocenters. The maximum Gasteiger partial charge on any atom is 0.247 e. The fourth-order valence-electron chi connectivity index (χ4n) is 1.85. The molecule has 2 heterocycles. The largest absolute Gasteiger partial charge is 0.420 e. The minimum Gasteiger partial charge on any atom is -0.420 e. The van der Waals surface area contributed by atoms with E-state index in [4.69, 9.17) is 9.15 Å². The van der Waals surface area contributed by atoms with Crippen LogP contribution < -0.4 is 0 Å². The Kier molecular flexibility index (Phi) is 5.42. The van der Waals surface area contributed by atoms with E-state index in [2.05, 4.69) is 36.3 Å². The summed E-state index contributed by atoms with van der Waals surface area (Å²) in [6.45, 7) is 1.32. The molecule has 0 aliphatic carbocycles. The first-order chi connectivity index (χ1) is 11.3. The van der Waals surface area contributed by atoms with Crippen molar-refractivity contribution in [2.45, 2.75) is 17.5 Å². The van der Waals surface area contributed by atoms with Gasteiger partial charge in [0.15, 0.2) is 5.16 Å². The van der Waals surface area contributed by atoms with E-state index in [1.807, 2.05) is 28.8 Å². The molecule has 9 heteroatoms. The summed E-state index contributed by atoms with van der Waals surface area (Å²) < 4.78 is 13.7. The summed E-state index contributed by atoms with van der Waals surface area (Å²) in [4.78, 5) is 0. The van der Waals surface area contributed by atoms with Crippen molar-refractivity contribution in [1.29, 1.82) is 0 Å². The van der Waals surface area contributed by atoms with Crippen LogP contribution in [0.25, 0.3) is 11.5 Å². The fourth-order valence-corrected chi connectivity index (χ4v) is 2.89. The Morgan fingerprint density at radius 1 is 1.22 bits per heavy atom. The monoisotopic (exact) mass is 395 g/mol. The number of thioether (sulfide) groups is 1. The lowest BCUT2D eigenvalue weighted by Crippen LogP contribution is -2.04. The van der Waals surface area contributed by atoms with Gasteiger partial charge >= 0.3 is 0 Å². The summed E-state index contributed by atoms with van der Waals surface area (Å²) in [6.07, 6.45) is 1.68. The first-order valence-corrected chi connectivity index (χ1v) is 8.62. The van der Waals surface area contributed by atoms with Crippen molar-refractivity contribution < 1.29 is 9.15 Å². The van der Waals surface area contributed by atoms with Crippen molar-refractivity contribution in [2.24, 2.45) is 0 Å². The minimum absolute atomic E-state index is 0.508. The summed E-state index contributed by atoms with van der Waals surface area (Å²) in [5, 5.41) is 16.9. The number of ether oxygens (including phenoxy) is 1. The van der Waals surface area contributed by atoms with Crippen LogP contribution in [0.3, 0.4) is 0 Å². The molecule has 0 amide bonds. The Hall–Kier alpha value is -1.71. The highest BCUT2D eigenvalue weighted by Crippen LogP contribution is 2.24. The quantitative estimate of drug-likeness (QED) is 0.568. The van der Waals surface area contributed by atoms with Gasteiger partial charge in [0.25, 0.3) is 0 Å². The first kappa shape index (κ1) is 16.2. The third-order valence-electron chi connectivity index (χ3n) is 3.00. The zero-order valence-electron chi connectivity index (χ0n) is 12.3. The molecule has 0 spiro atoms. The third-order valence-corrected chi connectivity index (χ3v) is 4.49. The maximum atomic E-state index is 5.69. The summed E-state index contributed by atoms with van der Waals surface area (Å²) in [5.41, 5.74) is 0.889. The zero-order valence-corrected chi connectivity index (χ0v) is 14.7. The zero-order chi connectivity index (χ0) is 16.1. The third kappa shape index (κ3) is 4.18. The molecule has 1 aromatic carbocycles. The van der Waals surface area contributed by atoms with Crippen LogP contribution >= 0.6 is 27.7 Å². The average molecular weight is 396 g/mol. The average Bonchev–Trinajstić information content (AvgIpc) is 3.21. The number of methoxy groups -OCH3 is 1. The normalized spacial score (nSPS) is 11.0. The summed E-state index contributed by atoms with van der Waals surface area (Å²) >= 11 is 4.90. The molecule has 3 aromatic rings. The van der Waals surface area contributed by atoms with Crippen LogP contribution in [0.1, 0.15) is 5.89 Å². The van der Waals surface area contributed by atoms with Gasteiger partial charge in [0.05, 0.1) is 12.4 Å². The highest BCUT2D eigenvalue weighted by Gasteiger charge is 2.11. The second kappa shape index (κ2) is 7.71. The van der Waals surface area contributed by atoms with Gasteiger partial charge in [0.2, 0.25) is 11.8 Å². The Morgan fingerprint density at radius 2 is 2.04 bits per heavy atom. The van der Waals surface area contributed by atoms with E-state index in [9.17, 15) is 0 Å². The lowest BCUT2D eigenvalue weighted by atomic mass is 10.2. The van der Waals surface area contributed by atoms with Gasteiger partial charge in [-0.15, -0.1) is 20.4 Å². The molecule has 120 valence electrons. The molecule has 7 nitrogen and oxygen atoms in total. The molecule has 0 saturated heterocycles. The van der Waals surface area contributed by atoms with E-state index in [1.165, 1.54) is 11.8 Å². The number of aromatic nitrogens is 5. The molecule has 0 saturated carbocycles. The van der Waals surface area contributed by atoms with Gasteiger partial charge in [-0.3, -0.25) is 0 Å².